The van der Waals surface area contributed by atoms with Crippen LogP contribution in [-0.2, 0) is 6.42 Å². The molecule has 0 aromatic carbocycles. The van der Waals surface area contributed by atoms with Crippen LogP contribution in [0.3, 0.4) is 0 Å². The molecule has 0 amide bonds. The zero-order chi connectivity index (χ0) is 14.0. The van der Waals surface area contributed by atoms with Crippen molar-refractivity contribution in [3.8, 4) is 0 Å². The van der Waals surface area contributed by atoms with Crippen LogP contribution in [0.2, 0.25) is 0 Å². The molecule has 0 spiro atoms. The molecule has 4 heteroatoms. The second kappa shape index (κ2) is 5.84. The molecule has 1 heterocycles. The average Bonchev–Trinajstić information content (AvgIpc) is 3.09. The Morgan fingerprint density at radius 1 is 1.25 bits per heavy atom. The summed E-state index contributed by atoms with van der Waals surface area (Å²) >= 11 is 0. The highest BCUT2D eigenvalue weighted by Crippen LogP contribution is 2.39. The van der Waals surface area contributed by atoms with Crippen molar-refractivity contribution in [3.63, 3.8) is 0 Å². The fourth-order valence-corrected chi connectivity index (χ4v) is 4.02. The first-order valence-electron chi connectivity index (χ1n) is 8.23. The molecule has 20 heavy (non-hydrogen) atoms. The summed E-state index contributed by atoms with van der Waals surface area (Å²) in [5.74, 6) is 3.07. The summed E-state index contributed by atoms with van der Waals surface area (Å²) in [6.07, 6.45) is 10.9. The SMILES string of the molecule is CC1CCC(c2noc(CC3(CN)CCCCC3)n2)C1. The lowest BCUT2D eigenvalue weighted by atomic mass is 9.72. The lowest BCUT2D eigenvalue weighted by Gasteiger charge is -2.34. The summed E-state index contributed by atoms with van der Waals surface area (Å²) in [5.41, 5.74) is 6.26. The first kappa shape index (κ1) is 14.1. The molecule has 2 aliphatic carbocycles. The van der Waals surface area contributed by atoms with E-state index in [1.807, 2.05) is 0 Å². The maximum Gasteiger partial charge on any atom is 0.227 e. The smallest absolute Gasteiger partial charge is 0.227 e. The Kier molecular flexibility index (Phi) is 4.11. The van der Waals surface area contributed by atoms with Crippen molar-refractivity contribution in [2.45, 2.75) is 70.6 Å². The van der Waals surface area contributed by atoms with Gasteiger partial charge < -0.3 is 10.3 Å². The Labute approximate surface area is 121 Å². The van der Waals surface area contributed by atoms with Crippen LogP contribution < -0.4 is 5.73 Å². The van der Waals surface area contributed by atoms with Crippen molar-refractivity contribution >= 4 is 0 Å². The van der Waals surface area contributed by atoms with Gasteiger partial charge in [-0.25, -0.2) is 0 Å². The summed E-state index contributed by atoms with van der Waals surface area (Å²) in [4.78, 5) is 4.68. The average molecular weight is 277 g/mol. The normalized spacial score (nSPS) is 29.7. The van der Waals surface area contributed by atoms with Gasteiger partial charge in [0.2, 0.25) is 5.89 Å². The molecule has 4 nitrogen and oxygen atoms in total. The maximum atomic E-state index is 6.04. The maximum absolute atomic E-state index is 6.04. The standard InChI is InChI=1S/C16H27N3O/c1-12-5-6-13(9-12)15-18-14(20-19-15)10-16(11-17)7-3-2-4-8-16/h12-13H,2-11,17H2,1H3. The van der Waals surface area contributed by atoms with E-state index in [9.17, 15) is 0 Å². The largest absolute Gasteiger partial charge is 0.339 e. The van der Waals surface area contributed by atoms with Crippen molar-refractivity contribution in [1.82, 2.24) is 10.1 Å². The van der Waals surface area contributed by atoms with Crippen molar-refractivity contribution < 1.29 is 4.52 Å². The minimum Gasteiger partial charge on any atom is -0.339 e. The highest BCUT2D eigenvalue weighted by atomic mass is 16.5. The molecular formula is C16H27N3O. The monoisotopic (exact) mass is 277 g/mol. The quantitative estimate of drug-likeness (QED) is 0.915. The molecule has 0 saturated heterocycles. The van der Waals surface area contributed by atoms with Gasteiger partial charge in [0.25, 0.3) is 0 Å². The number of aromatic nitrogens is 2. The molecule has 2 unspecified atom stereocenters. The predicted molar refractivity (Wildman–Crippen MR) is 78.3 cm³/mol. The first-order chi connectivity index (χ1) is 9.71. The molecule has 0 bridgehead atoms. The third-order valence-corrected chi connectivity index (χ3v) is 5.42. The van der Waals surface area contributed by atoms with Crippen molar-refractivity contribution in [1.29, 1.82) is 0 Å². The molecule has 2 saturated carbocycles. The van der Waals surface area contributed by atoms with Gasteiger partial charge >= 0.3 is 0 Å². The molecule has 0 radical (unpaired) electrons. The highest BCUT2D eigenvalue weighted by Gasteiger charge is 2.34. The van der Waals surface area contributed by atoms with Gasteiger partial charge in [0, 0.05) is 12.3 Å². The molecule has 112 valence electrons. The Hall–Kier alpha value is -0.900. The molecule has 2 aliphatic rings. The number of hydrogen-bond donors (Lipinski definition) is 1. The van der Waals surface area contributed by atoms with Crippen LogP contribution in [0.25, 0.3) is 0 Å². The van der Waals surface area contributed by atoms with E-state index in [4.69, 9.17) is 10.3 Å². The third kappa shape index (κ3) is 2.90. The molecular weight excluding hydrogens is 250 g/mol. The van der Waals surface area contributed by atoms with Crippen LogP contribution in [0.15, 0.2) is 4.52 Å². The van der Waals surface area contributed by atoms with Crippen LogP contribution >= 0.6 is 0 Å². The van der Waals surface area contributed by atoms with Gasteiger partial charge in [-0.2, -0.15) is 4.98 Å². The Bertz CT molecular complexity index is 437. The zero-order valence-electron chi connectivity index (χ0n) is 12.6. The van der Waals surface area contributed by atoms with E-state index in [-0.39, 0.29) is 5.41 Å². The molecule has 3 rings (SSSR count). The van der Waals surface area contributed by atoms with Gasteiger partial charge in [-0.15, -0.1) is 0 Å². The molecule has 2 atom stereocenters. The van der Waals surface area contributed by atoms with Crippen LogP contribution in [-0.4, -0.2) is 16.7 Å². The minimum absolute atomic E-state index is 0.213. The van der Waals surface area contributed by atoms with Crippen LogP contribution in [0, 0.1) is 11.3 Å². The Balaban J connectivity index is 1.67. The number of rotatable bonds is 4. The van der Waals surface area contributed by atoms with Crippen molar-refractivity contribution in [3.05, 3.63) is 11.7 Å². The summed E-state index contributed by atoms with van der Waals surface area (Å²) in [5, 5.41) is 4.24. The fourth-order valence-electron chi connectivity index (χ4n) is 4.02. The number of nitrogens with two attached hydrogens (primary N) is 1. The second-order valence-corrected chi connectivity index (χ2v) is 7.10. The molecule has 0 aliphatic heterocycles. The Morgan fingerprint density at radius 2 is 2.05 bits per heavy atom. The van der Waals surface area contributed by atoms with E-state index in [0.717, 1.165) is 30.6 Å². The van der Waals surface area contributed by atoms with Crippen LogP contribution in [0.5, 0.6) is 0 Å². The summed E-state index contributed by atoms with van der Waals surface area (Å²) in [6, 6.07) is 0. The van der Waals surface area contributed by atoms with E-state index < -0.39 is 0 Å². The van der Waals surface area contributed by atoms with E-state index in [0.29, 0.717) is 5.92 Å². The van der Waals surface area contributed by atoms with Crippen molar-refractivity contribution in [2.75, 3.05) is 6.54 Å². The molecule has 1 aromatic heterocycles. The predicted octanol–water partition coefficient (Wildman–Crippen LogP) is 3.42. The fraction of sp³-hybridized carbons (Fsp3) is 0.875. The van der Waals surface area contributed by atoms with E-state index in [1.54, 1.807) is 0 Å². The van der Waals surface area contributed by atoms with Gasteiger partial charge in [-0.05, 0) is 50.0 Å². The van der Waals surface area contributed by atoms with Gasteiger partial charge in [-0.1, -0.05) is 31.3 Å². The number of nitrogens with zero attached hydrogens (tertiary/aromatic N) is 2. The van der Waals surface area contributed by atoms with Crippen LogP contribution in [0.1, 0.15) is 75.9 Å². The molecule has 2 fully saturated rings. The van der Waals surface area contributed by atoms with Gasteiger partial charge in [-0.3, -0.25) is 0 Å². The topological polar surface area (TPSA) is 64.9 Å². The summed E-state index contributed by atoms with van der Waals surface area (Å²) < 4.78 is 5.53. The van der Waals surface area contributed by atoms with E-state index in [2.05, 4.69) is 17.1 Å². The molecule has 2 N–H and O–H groups in total. The van der Waals surface area contributed by atoms with E-state index >= 15 is 0 Å². The van der Waals surface area contributed by atoms with Gasteiger partial charge in [0.1, 0.15) is 0 Å². The van der Waals surface area contributed by atoms with Crippen LogP contribution in [0.4, 0.5) is 0 Å². The Morgan fingerprint density at radius 3 is 2.70 bits per heavy atom. The lowest BCUT2D eigenvalue weighted by Crippen LogP contribution is -2.35. The summed E-state index contributed by atoms with van der Waals surface area (Å²) in [6.45, 7) is 3.05. The van der Waals surface area contributed by atoms with Gasteiger partial charge in [0.05, 0.1) is 0 Å². The second-order valence-electron chi connectivity index (χ2n) is 7.10. The highest BCUT2D eigenvalue weighted by molar-refractivity contribution is 5.01. The number of hydrogen-bond acceptors (Lipinski definition) is 4. The zero-order valence-corrected chi connectivity index (χ0v) is 12.6. The van der Waals surface area contributed by atoms with Crippen molar-refractivity contribution in [2.24, 2.45) is 17.1 Å². The molecule has 1 aromatic rings. The van der Waals surface area contributed by atoms with Gasteiger partial charge in [0.15, 0.2) is 5.82 Å². The minimum atomic E-state index is 0.213. The first-order valence-corrected chi connectivity index (χ1v) is 8.23. The van der Waals surface area contributed by atoms with E-state index in [1.165, 1.54) is 51.4 Å². The third-order valence-electron chi connectivity index (χ3n) is 5.42. The lowest BCUT2D eigenvalue weighted by molar-refractivity contribution is 0.177. The summed E-state index contributed by atoms with van der Waals surface area (Å²) in [7, 11) is 0.